The van der Waals surface area contributed by atoms with Crippen LogP contribution in [0.2, 0.25) is 0 Å². The lowest BCUT2D eigenvalue weighted by atomic mass is 10.0. The van der Waals surface area contributed by atoms with Crippen molar-refractivity contribution in [2.75, 3.05) is 39.1 Å². The highest BCUT2D eigenvalue weighted by molar-refractivity contribution is 6.03. The number of morpholine rings is 1. The number of aromatic nitrogens is 5. The van der Waals surface area contributed by atoms with Crippen molar-refractivity contribution < 1.29 is 18.9 Å². The first-order valence-corrected chi connectivity index (χ1v) is 10.9. The highest BCUT2D eigenvalue weighted by atomic mass is 16.6. The number of methoxy groups -OCH3 is 1. The second-order valence-electron chi connectivity index (χ2n) is 7.76. The number of amides is 1. The van der Waals surface area contributed by atoms with Gasteiger partial charge in [0.05, 0.1) is 26.5 Å². The molecular weight excluding hydrogens is 454 g/mol. The van der Waals surface area contributed by atoms with Crippen LogP contribution in [0.15, 0.2) is 46.1 Å². The van der Waals surface area contributed by atoms with Crippen molar-refractivity contribution in [2.45, 2.75) is 6.54 Å². The quantitative estimate of drug-likeness (QED) is 0.290. The Morgan fingerprint density at radius 3 is 2.83 bits per heavy atom. The zero-order chi connectivity index (χ0) is 24.2. The summed E-state index contributed by atoms with van der Waals surface area (Å²) in [7, 11) is 1.58. The molecule has 13 heteroatoms. The Bertz CT molecular complexity index is 1370. The van der Waals surface area contributed by atoms with Crippen LogP contribution in [0.1, 0.15) is 21.7 Å². The minimum absolute atomic E-state index is 0.0223. The van der Waals surface area contributed by atoms with E-state index in [1.54, 1.807) is 13.3 Å². The van der Waals surface area contributed by atoms with Gasteiger partial charge in [0.15, 0.2) is 5.69 Å². The second kappa shape index (κ2) is 9.87. The Labute approximate surface area is 199 Å². The van der Waals surface area contributed by atoms with Crippen molar-refractivity contribution >= 4 is 28.7 Å². The van der Waals surface area contributed by atoms with Crippen LogP contribution in [-0.2, 0) is 11.3 Å². The Hall–Kier alpha value is -4.36. The zero-order valence-electron chi connectivity index (χ0n) is 18.9. The van der Waals surface area contributed by atoms with E-state index >= 15 is 0 Å². The smallest absolute Gasteiger partial charge is 0.292 e. The molecule has 0 atom stereocenters. The fourth-order valence-corrected chi connectivity index (χ4v) is 3.90. The molecule has 2 aromatic heterocycles. The van der Waals surface area contributed by atoms with Crippen molar-refractivity contribution in [3.8, 4) is 11.6 Å². The molecule has 3 N–H and O–H groups in total. The van der Waals surface area contributed by atoms with E-state index in [0.717, 1.165) is 16.3 Å². The molecule has 1 amide bonds. The van der Waals surface area contributed by atoms with Gasteiger partial charge in [0.25, 0.3) is 5.91 Å². The molecule has 5 rings (SSSR count). The van der Waals surface area contributed by atoms with Gasteiger partial charge in [0.1, 0.15) is 11.4 Å². The molecule has 1 aliphatic rings. The molecule has 0 spiro atoms. The van der Waals surface area contributed by atoms with E-state index in [4.69, 9.17) is 15.2 Å². The third-order valence-corrected chi connectivity index (χ3v) is 5.64. The predicted molar refractivity (Wildman–Crippen MR) is 125 cm³/mol. The van der Waals surface area contributed by atoms with E-state index in [0.29, 0.717) is 44.3 Å². The van der Waals surface area contributed by atoms with Crippen LogP contribution in [0.3, 0.4) is 0 Å². The maximum Gasteiger partial charge on any atom is 0.292 e. The number of hydrazone groups is 1. The first-order chi connectivity index (χ1) is 17.2. The number of rotatable bonds is 7. The van der Waals surface area contributed by atoms with E-state index in [1.165, 1.54) is 4.68 Å². The molecule has 3 heterocycles. The van der Waals surface area contributed by atoms with E-state index in [2.05, 4.69) is 40.7 Å². The summed E-state index contributed by atoms with van der Waals surface area (Å²) in [5.74, 6) is 0.125. The molecule has 0 unspecified atom stereocenters. The third-order valence-electron chi connectivity index (χ3n) is 5.64. The van der Waals surface area contributed by atoms with E-state index in [9.17, 15) is 4.79 Å². The number of nitrogens with two attached hydrogens (primary N) is 1. The molecule has 1 fully saturated rings. The number of carbonyl (C=O) groups is 1. The lowest BCUT2D eigenvalue weighted by molar-refractivity contribution is 0.0335. The molecule has 1 saturated heterocycles. The molecule has 0 saturated carbocycles. The molecule has 4 aromatic rings. The first kappa shape index (κ1) is 22.4. The van der Waals surface area contributed by atoms with Gasteiger partial charge in [-0.3, -0.25) is 9.69 Å². The van der Waals surface area contributed by atoms with Crippen LogP contribution in [0.4, 0.5) is 5.82 Å². The maximum absolute atomic E-state index is 13.3. The van der Waals surface area contributed by atoms with Crippen molar-refractivity contribution in [3.63, 3.8) is 0 Å². The van der Waals surface area contributed by atoms with E-state index in [1.807, 2.05) is 36.4 Å². The number of nitrogens with zero attached hydrogens (tertiary/aromatic N) is 7. The third kappa shape index (κ3) is 4.54. The fraction of sp³-hybridized carbons (Fsp3) is 0.273. The van der Waals surface area contributed by atoms with Gasteiger partial charge >= 0.3 is 0 Å². The number of nitrogen functional groups attached to an aromatic ring is 1. The van der Waals surface area contributed by atoms with Gasteiger partial charge in [-0.2, -0.15) is 9.78 Å². The van der Waals surface area contributed by atoms with Crippen molar-refractivity contribution in [1.82, 2.24) is 35.6 Å². The largest absolute Gasteiger partial charge is 0.496 e. The van der Waals surface area contributed by atoms with Gasteiger partial charge in [-0.15, -0.1) is 5.10 Å². The fourth-order valence-electron chi connectivity index (χ4n) is 3.90. The van der Waals surface area contributed by atoms with Gasteiger partial charge in [-0.25, -0.2) is 10.1 Å². The molecule has 1 aliphatic heterocycles. The number of hydrogen-bond acceptors (Lipinski definition) is 11. The van der Waals surface area contributed by atoms with E-state index < -0.39 is 5.91 Å². The monoisotopic (exact) mass is 477 g/mol. The van der Waals surface area contributed by atoms with Crippen LogP contribution < -0.4 is 15.9 Å². The topological polar surface area (TPSA) is 159 Å². The summed E-state index contributed by atoms with van der Waals surface area (Å²) in [4.78, 5) is 15.4. The summed E-state index contributed by atoms with van der Waals surface area (Å²) in [6.45, 7) is 3.01. The lowest BCUT2D eigenvalue weighted by Gasteiger charge is -2.25. The highest BCUT2D eigenvalue weighted by Gasteiger charge is 2.26. The summed E-state index contributed by atoms with van der Waals surface area (Å²) in [6.07, 6.45) is 1.54. The van der Waals surface area contributed by atoms with Crippen LogP contribution in [-0.4, -0.2) is 75.7 Å². The number of nitrogens with one attached hydrogen (secondary N) is 1. The second-order valence-corrected chi connectivity index (χ2v) is 7.76. The summed E-state index contributed by atoms with van der Waals surface area (Å²) >= 11 is 0. The molecule has 0 bridgehead atoms. The minimum atomic E-state index is -0.545. The molecule has 0 radical (unpaired) electrons. The SMILES string of the molecule is COc1ccc2ccccc2c1/C=N/NC(=O)c1c(CN2CCOCC2)nnn1-c1nonc1N. The van der Waals surface area contributed by atoms with E-state index in [-0.39, 0.29) is 17.3 Å². The van der Waals surface area contributed by atoms with Gasteiger partial charge in [0, 0.05) is 25.2 Å². The molecular formula is C22H23N9O4. The van der Waals surface area contributed by atoms with Gasteiger partial charge in [0.2, 0.25) is 11.6 Å². The maximum atomic E-state index is 13.3. The molecule has 180 valence electrons. The molecule has 13 nitrogen and oxygen atoms in total. The summed E-state index contributed by atoms with van der Waals surface area (Å²) in [5.41, 5.74) is 9.69. The Kier molecular flexibility index (Phi) is 6.32. The number of hydrogen-bond donors (Lipinski definition) is 2. The molecule has 0 aliphatic carbocycles. The van der Waals surface area contributed by atoms with Crippen LogP contribution in [0.25, 0.3) is 16.6 Å². The number of carbonyl (C=O) groups excluding carboxylic acids is 1. The summed E-state index contributed by atoms with van der Waals surface area (Å²) in [5, 5.41) is 21.7. The summed E-state index contributed by atoms with van der Waals surface area (Å²) in [6, 6.07) is 11.6. The first-order valence-electron chi connectivity index (χ1n) is 10.9. The van der Waals surface area contributed by atoms with Crippen molar-refractivity contribution in [2.24, 2.45) is 5.10 Å². The van der Waals surface area contributed by atoms with Crippen LogP contribution in [0.5, 0.6) is 5.75 Å². The number of fused-ring (bicyclic) bond motifs is 1. The van der Waals surface area contributed by atoms with Gasteiger partial charge in [-0.1, -0.05) is 35.5 Å². The highest BCUT2D eigenvalue weighted by Crippen LogP contribution is 2.26. The zero-order valence-corrected chi connectivity index (χ0v) is 18.9. The van der Waals surface area contributed by atoms with Crippen molar-refractivity contribution in [3.05, 3.63) is 53.3 Å². The Balaban J connectivity index is 1.45. The normalized spacial score (nSPS) is 14.5. The molecule has 2 aromatic carbocycles. The lowest BCUT2D eigenvalue weighted by Crippen LogP contribution is -2.36. The van der Waals surface area contributed by atoms with Crippen LogP contribution >= 0.6 is 0 Å². The van der Waals surface area contributed by atoms with Gasteiger partial charge in [-0.05, 0) is 27.2 Å². The predicted octanol–water partition coefficient (Wildman–Crippen LogP) is 0.990. The minimum Gasteiger partial charge on any atom is -0.496 e. The number of benzene rings is 2. The average molecular weight is 477 g/mol. The summed E-state index contributed by atoms with van der Waals surface area (Å²) < 4.78 is 16.8. The number of ether oxygens (including phenoxy) is 2. The van der Waals surface area contributed by atoms with Gasteiger partial charge < -0.3 is 15.2 Å². The Morgan fingerprint density at radius 2 is 2.06 bits per heavy atom. The Morgan fingerprint density at radius 1 is 1.23 bits per heavy atom. The standard InChI is InChI=1S/C22H23N9O4/c1-33-18-7-6-14-4-2-3-5-15(14)16(18)12-24-26-22(32)19-17(13-30-8-10-34-11-9-30)25-29-31(19)21-20(23)27-35-28-21/h2-7,12H,8-11,13H2,1H3,(H2,23,27)(H,26,32)/b24-12+. The van der Waals surface area contributed by atoms with Crippen molar-refractivity contribution in [1.29, 1.82) is 0 Å². The average Bonchev–Trinajstić information content (AvgIpc) is 3.50. The molecule has 35 heavy (non-hydrogen) atoms. The number of anilines is 1. The van der Waals surface area contributed by atoms with Crippen LogP contribution in [0, 0.1) is 0 Å².